The van der Waals surface area contributed by atoms with Crippen LogP contribution in [0.4, 0.5) is 0 Å². The molecule has 0 aliphatic carbocycles. The number of hydrogen-bond acceptors (Lipinski definition) is 5. The van der Waals surface area contributed by atoms with Crippen molar-refractivity contribution in [3.8, 4) is 11.4 Å². The number of carbonyl (C=O) groups excluding carboxylic acids is 1. The van der Waals surface area contributed by atoms with Gasteiger partial charge in [0.1, 0.15) is 0 Å². The first kappa shape index (κ1) is 14.2. The van der Waals surface area contributed by atoms with E-state index in [0.717, 1.165) is 5.56 Å². The van der Waals surface area contributed by atoms with Gasteiger partial charge in [0.2, 0.25) is 17.6 Å². The lowest BCUT2D eigenvalue weighted by atomic mass is 10.2. The predicted octanol–water partition coefficient (Wildman–Crippen LogP) is 1.84. The molecule has 0 unspecified atom stereocenters. The number of aryl methyl sites for hydroxylation is 1. The summed E-state index contributed by atoms with van der Waals surface area (Å²) < 4.78 is 5.13. The maximum atomic E-state index is 11.6. The minimum Gasteiger partial charge on any atom is -0.356 e. The highest BCUT2D eigenvalue weighted by Crippen LogP contribution is 2.14. The van der Waals surface area contributed by atoms with Crippen LogP contribution in [-0.4, -0.2) is 27.6 Å². The first-order valence-electron chi connectivity index (χ1n) is 6.65. The van der Waals surface area contributed by atoms with E-state index in [9.17, 15) is 4.79 Å². The molecule has 0 aliphatic heterocycles. The Morgan fingerprint density at radius 1 is 1.35 bits per heavy atom. The van der Waals surface area contributed by atoms with Gasteiger partial charge >= 0.3 is 0 Å². The first-order chi connectivity index (χ1) is 9.65. The van der Waals surface area contributed by atoms with Gasteiger partial charge in [-0.1, -0.05) is 19.0 Å². The maximum absolute atomic E-state index is 11.6. The zero-order chi connectivity index (χ0) is 14.4. The van der Waals surface area contributed by atoms with Gasteiger partial charge in [-0.25, -0.2) is 0 Å². The van der Waals surface area contributed by atoms with Crippen molar-refractivity contribution in [2.45, 2.75) is 26.7 Å². The number of nitrogens with zero attached hydrogens (tertiary/aromatic N) is 3. The molecule has 106 valence electrons. The van der Waals surface area contributed by atoms with Gasteiger partial charge in [-0.15, -0.1) is 0 Å². The number of aromatic nitrogens is 3. The molecule has 0 fully saturated rings. The molecule has 2 aromatic rings. The largest absolute Gasteiger partial charge is 0.356 e. The second-order valence-electron chi connectivity index (χ2n) is 4.95. The summed E-state index contributed by atoms with van der Waals surface area (Å²) in [5.74, 6) is 1.43. The van der Waals surface area contributed by atoms with E-state index in [1.807, 2.05) is 12.1 Å². The number of carbonyl (C=O) groups is 1. The predicted molar refractivity (Wildman–Crippen MR) is 73.7 cm³/mol. The van der Waals surface area contributed by atoms with Crippen LogP contribution in [0.2, 0.25) is 0 Å². The van der Waals surface area contributed by atoms with Crippen molar-refractivity contribution in [2.24, 2.45) is 5.92 Å². The molecular formula is C14H18N4O2. The molecule has 0 spiro atoms. The summed E-state index contributed by atoms with van der Waals surface area (Å²) >= 11 is 0. The van der Waals surface area contributed by atoms with Gasteiger partial charge in [-0.05, 0) is 18.1 Å². The Balaban J connectivity index is 1.86. The summed E-state index contributed by atoms with van der Waals surface area (Å²) in [6.07, 6.45) is 4.14. The van der Waals surface area contributed by atoms with Crippen molar-refractivity contribution in [3.63, 3.8) is 0 Å². The summed E-state index contributed by atoms with van der Waals surface area (Å²) in [6, 6.07) is 3.62. The van der Waals surface area contributed by atoms with E-state index in [4.69, 9.17) is 4.52 Å². The molecule has 0 atom stereocenters. The fourth-order valence-corrected chi connectivity index (χ4v) is 1.60. The number of hydrogen-bond donors (Lipinski definition) is 1. The van der Waals surface area contributed by atoms with E-state index < -0.39 is 0 Å². The molecule has 0 radical (unpaired) electrons. The topological polar surface area (TPSA) is 80.9 Å². The second kappa shape index (κ2) is 6.79. The van der Waals surface area contributed by atoms with Gasteiger partial charge in [-0.3, -0.25) is 9.78 Å². The Morgan fingerprint density at radius 2 is 2.10 bits per heavy atom. The Labute approximate surface area is 117 Å². The Morgan fingerprint density at radius 3 is 2.80 bits per heavy atom. The van der Waals surface area contributed by atoms with E-state index in [-0.39, 0.29) is 5.91 Å². The maximum Gasteiger partial charge on any atom is 0.227 e. The van der Waals surface area contributed by atoms with Crippen LogP contribution in [0, 0.1) is 5.92 Å². The quantitative estimate of drug-likeness (QED) is 0.869. The first-order valence-corrected chi connectivity index (χ1v) is 6.65. The van der Waals surface area contributed by atoms with Crippen molar-refractivity contribution in [1.82, 2.24) is 20.4 Å². The molecular weight excluding hydrogens is 256 g/mol. The standard InChI is InChI=1S/C14H18N4O2/c1-10(2)9-16-12(19)3-4-13-17-14(18-20-13)11-5-7-15-8-6-11/h5-8,10H,3-4,9H2,1-2H3,(H,16,19). The van der Waals surface area contributed by atoms with Crippen molar-refractivity contribution < 1.29 is 9.32 Å². The molecule has 1 amide bonds. The number of nitrogens with one attached hydrogen (secondary N) is 1. The minimum absolute atomic E-state index is 0.00219. The van der Waals surface area contributed by atoms with Crippen molar-refractivity contribution in [3.05, 3.63) is 30.4 Å². The van der Waals surface area contributed by atoms with Crippen molar-refractivity contribution >= 4 is 5.91 Å². The van der Waals surface area contributed by atoms with Gasteiger partial charge < -0.3 is 9.84 Å². The van der Waals surface area contributed by atoms with Crippen molar-refractivity contribution in [2.75, 3.05) is 6.54 Å². The summed E-state index contributed by atoms with van der Waals surface area (Å²) in [7, 11) is 0. The zero-order valence-electron chi connectivity index (χ0n) is 11.7. The lowest BCUT2D eigenvalue weighted by Crippen LogP contribution is -2.27. The van der Waals surface area contributed by atoms with Crippen LogP contribution in [0.3, 0.4) is 0 Å². The van der Waals surface area contributed by atoms with Crippen LogP contribution >= 0.6 is 0 Å². The molecule has 6 nitrogen and oxygen atoms in total. The summed E-state index contributed by atoms with van der Waals surface area (Å²) in [5.41, 5.74) is 0.847. The highest BCUT2D eigenvalue weighted by molar-refractivity contribution is 5.76. The van der Waals surface area contributed by atoms with Gasteiger partial charge in [0.15, 0.2) is 0 Å². The third-order valence-electron chi connectivity index (χ3n) is 2.68. The third kappa shape index (κ3) is 4.15. The number of amides is 1. The van der Waals surface area contributed by atoms with Crippen molar-refractivity contribution in [1.29, 1.82) is 0 Å². The minimum atomic E-state index is 0.00219. The molecule has 0 aromatic carbocycles. The molecule has 2 aromatic heterocycles. The molecule has 0 saturated heterocycles. The van der Waals surface area contributed by atoms with E-state index >= 15 is 0 Å². The van der Waals surface area contributed by atoms with Gasteiger partial charge in [0, 0.05) is 37.3 Å². The van der Waals surface area contributed by atoms with E-state index in [1.165, 1.54) is 0 Å². The van der Waals surface area contributed by atoms with Crippen LogP contribution in [0.25, 0.3) is 11.4 Å². The van der Waals surface area contributed by atoms with E-state index in [0.29, 0.717) is 37.0 Å². The lowest BCUT2D eigenvalue weighted by molar-refractivity contribution is -0.121. The lowest BCUT2D eigenvalue weighted by Gasteiger charge is -2.06. The average Bonchev–Trinajstić information content (AvgIpc) is 2.93. The Kier molecular flexibility index (Phi) is 4.81. The summed E-state index contributed by atoms with van der Waals surface area (Å²) in [5, 5.41) is 6.75. The molecule has 0 aliphatic rings. The number of rotatable bonds is 6. The average molecular weight is 274 g/mol. The van der Waals surface area contributed by atoms with Gasteiger partial charge in [-0.2, -0.15) is 4.98 Å². The fraction of sp³-hybridized carbons (Fsp3) is 0.429. The van der Waals surface area contributed by atoms with Crippen LogP contribution < -0.4 is 5.32 Å². The third-order valence-corrected chi connectivity index (χ3v) is 2.68. The van der Waals surface area contributed by atoms with Crippen LogP contribution in [0.1, 0.15) is 26.2 Å². The zero-order valence-corrected chi connectivity index (χ0v) is 11.7. The van der Waals surface area contributed by atoms with Crippen LogP contribution in [0.15, 0.2) is 29.0 Å². The van der Waals surface area contributed by atoms with Gasteiger partial charge in [0.05, 0.1) is 0 Å². The molecule has 0 bridgehead atoms. The second-order valence-corrected chi connectivity index (χ2v) is 4.95. The molecule has 2 heterocycles. The molecule has 0 saturated carbocycles. The van der Waals surface area contributed by atoms with Crippen LogP contribution in [-0.2, 0) is 11.2 Å². The SMILES string of the molecule is CC(C)CNC(=O)CCc1nc(-c2ccncc2)no1. The highest BCUT2D eigenvalue weighted by Gasteiger charge is 2.10. The van der Waals surface area contributed by atoms with E-state index in [2.05, 4.69) is 34.3 Å². The Hall–Kier alpha value is -2.24. The summed E-state index contributed by atoms with van der Waals surface area (Å²) in [4.78, 5) is 19.8. The molecule has 6 heteroatoms. The monoisotopic (exact) mass is 274 g/mol. The van der Waals surface area contributed by atoms with E-state index in [1.54, 1.807) is 12.4 Å². The van der Waals surface area contributed by atoms with Gasteiger partial charge in [0.25, 0.3) is 0 Å². The highest BCUT2D eigenvalue weighted by atomic mass is 16.5. The molecule has 20 heavy (non-hydrogen) atoms. The fourth-order valence-electron chi connectivity index (χ4n) is 1.60. The summed E-state index contributed by atoms with van der Waals surface area (Å²) in [6.45, 7) is 4.80. The molecule has 2 rings (SSSR count). The van der Waals surface area contributed by atoms with Crippen LogP contribution in [0.5, 0.6) is 0 Å². The smallest absolute Gasteiger partial charge is 0.227 e. The Bertz CT molecular complexity index is 551. The number of pyridine rings is 1. The normalized spacial score (nSPS) is 10.8. The molecule has 1 N–H and O–H groups in total.